The zero-order valence-corrected chi connectivity index (χ0v) is 13.5. The molecule has 1 aromatic rings. The van der Waals surface area contributed by atoms with Crippen molar-refractivity contribution in [1.29, 1.82) is 0 Å². The molecule has 1 fully saturated rings. The molecule has 0 bridgehead atoms. The fourth-order valence-electron chi connectivity index (χ4n) is 2.72. The molecular formula is C15H24ClN3O. The van der Waals surface area contributed by atoms with Crippen molar-refractivity contribution in [3.63, 3.8) is 0 Å². The molecule has 1 atom stereocenters. The summed E-state index contributed by atoms with van der Waals surface area (Å²) >= 11 is 6.17. The topological polar surface area (TPSA) is 38.1 Å². The molecule has 4 nitrogen and oxygen atoms in total. The Morgan fingerprint density at radius 1 is 1.35 bits per heavy atom. The molecule has 0 N–H and O–H groups in total. The van der Waals surface area contributed by atoms with E-state index in [-0.39, 0.29) is 16.5 Å². The van der Waals surface area contributed by atoms with Crippen molar-refractivity contribution >= 4 is 17.4 Å². The van der Waals surface area contributed by atoms with E-state index in [2.05, 4.69) is 16.8 Å². The van der Waals surface area contributed by atoms with Crippen LogP contribution < -0.4 is 10.5 Å². The maximum absolute atomic E-state index is 12.6. The van der Waals surface area contributed by atoms with Crippen LogP contribution in [0.4, 0.5) is 5.82 Å². The molecule has 1 aliphatic rings. The molecule has 5 heteroatoms. The van der Waals surface area contributed by atoms with Gasteiger partial charge in [0, 0.05) is 36.4 Å². The fourth-order valence-corrected chi connectivity index (χ4v) is 2.97. The molecule has 0 saturated carbocycles. The van der Waals surface area contributed by atoms with Crippen LogP contribution in [0.15, 0.2) is 17.2 Å². The lowest BCUT2D eigenvalue weighted by Gasteiger charge is -2.34. The van der Waals surface area contributed by atoms with Gasteiger partial charge in [-0.05, 0) is 46.5 Å². The van der Waals surface area contributed by atoms with Crippen LogP contribution in [0.1, 0.15) is 40.5 Å². The van der Waals surface area contributed by atoms with Gasteiger partial charge in [0.25, 0.3) is 5.56 Å². The first-order valence-electron chi connectivity index (χ1n) is 7.28. The van der Waals surface area contributed by atoms with E-state index < -0.39 is 0 Å². The van der Waals surface area contributed by atoms with Crippen LogP contribution in [0.25, 0.3) is 0 Å². The monoisotopic (exact) mass is 297 g/mol. The molecule has 0 aromatic carbocycles. The summed E-state index contributed by atoms with van der Waals surface area (Å²) in [6.45, 7) is 9.85. The van der Waals surface area contributed by atoms with Crippen molar-refractivity contribution in [1.82, 2.24) is 9.55 Å². The Balaban J connectivity index is 2.21. The second kappa shape index (κ2) is 5.76. The van der Waals surface area contributed by atoms with Crippen LogP contribution in [-0.4, -0.2) is 28.0 Å². The molecule has 112 valence electrons. The van der Waals surface area contributed by atoms with Crippen molar-refractivity contribution in [2.45, 2.75) is 51.5 Å². The van der Waals surface area contributed by atoms with Gasteiger partial charge in [-0.25, -0.2) is 4.98 Å². The fraction of sp³-hybridized carbons (Fsp3) is 0.733. The van der Waals surface area contributed by atoms with Gasteiger partial charge in [-0.15, -0.1) is 11.6 Å². The highest BCUT2D eigenvalue weighted by molar-refractivity contribution is 6.20. The van der Waals surface area contributed by atoms with Gasteiger partial charge in [0.05, 0.1) is 0 Å². The molecule has 1 aromatic heterocycles. The minimum atomic E-state index is -0.224. The number of aromatic nitrogens is 2. The summed E-state index contributed by atoms with van der Waals surface area (Å²) in [5.41, 5.74) is -0.227. The Bertz CT molecular complexity index is 511. The number of piperidine rings is 1. The molecular weight excluding hydrogens is 274 g/mol. The Hall–Kier alpha value is -1.03. The second-order valence-corrected chi connectivity index (χ2v) is 7.29. The Morgan fingerprint density at radius 2 is 1.95 bits per heavy atom. The van der Waals surface area contributed by atoms with Gasteiger partial charge in [-0.1, -0.05) is 0 Å². The van der Waals surface area contributed by atoms with Gasteiger partial charge in [-0.3, -0.25) is 4.79 Å². The molecule has 2 heterocycles. The first kappa shape index (κ1) is 15.4. The van der Waals surface area contributed by atoms with Crippen molar-refractivity contribution < 1.29 is 0 Å². The third-order valence-corrected chi connectivity index (χ3v) is 4.39. The van der Waals surface area contributed by atoms with E-state index in [1.165, 1.54) is 0 Å². The molecule has 0 amide bonds. The zero-order chi connectivity index (χ0) is 14.9. The van der Waals surface area contributed by atoms with Crippen molar-refractivity contribution in [2.75, 3.05) is 18.0 Å². The number of nitrogens with zero attached hydrogens (tertiary/aromatic N) is 3. The molecule has 20 heavy (non-hydrogen) atoms. The number of alkyl halides is 1. The Morgan fingerprint density at radius 3 is 2.45 bits per heavy atom. The van der Waals surface area contributed by atoms with Crippen LogP contribution in [0, 0.1) is 5.92 Å². The Labute approximate surface area is 125 Å². The van der Waals surface area contributed by atoms with Crippen LogP contribution >= 0.6 is 11.6 Å². The minimum absolute atomic E-state index is 0.00243. The van der Waals surface area contributed by atoms with Crippen molar-refractivity contribution in [2.24, 2.45) is 5.92 Å². The standard InChI is InChI=1S/C15H24ClN3O/c1-11(16)12-5-8-18(9-6-12)13-14(20)19(10-7-17-13)15(2,3)4/h7,10-12H,5-6,8-9H2,1-4H3. The summed E-state index contributed by atoms with van der Waals surface area (Å²) in [5.74, 6) is 1.12. The molecule has 0 radical (unpaired) electrons. The maximum Gasteiger partial charge on any atom is 0.293 e. The van der Waals surface area contributed by atoms with Crippen LogP contribution in [-0.2, 0) is 5.54 Å². The molecule has 2 rings (SSSR count). The summed E-state index contributed by atoms with van der Waals surface area (Å²) in [6.07, 6.45) is 5.53. The third-order valence-electron chi connectivity index (χ3n) is 4.03. The Kier molecular flexibility index (Phi) is 4.43. The third kappa shape index (κ3) is 3.17. The van der Waals surface area contributed by atoms with Gasteiger partial charge >= 0.3 is 0 Å². The van der Waals surface area contributed by atoms with E-state index in [1.54, 1.807) is 17.0 Å². The van der Waals surface area contributed by atoms with E-state index >= 15 is 0 Å². The average Bonchev–Trinajstić information content (AvgIpc) is 2.37. The van der Waals surface area contributed by atoms with E-state index in [0.717, 1.165) is 25.9 Å². The molecule has 0 aliphatic carbocycles. The molecule has 1 saturated heterocycles. The summed E-state index contributed by atoms with van der Waals surface area (Å²) < 4.78 is 1.76. The number of anilines is 1. The number of rotatable bonds is 2. The van der Waals surface area contributed by atoms with E-state index in [4.69, 9.17) is 11.6 Å². The second-order valence-electron chi connectivity index (χ2n) is 6.60. The summed E-state index contributed by atoms with van der Waals surface area (Å²) in [7, 11) is 0. The summed E-state index contributed by atoms with van der Waals surface area (Å²) in [4.78, 5) is 19.0. The van der Waals surface area contributed by atoms with E-state index in [1.807, 2.05) is 20.8 Å². The first-order valence-corrected chi connectivity index (χ1v) is 7.71. The van der Waals surface area contributed by atoms with E-state index in [9.17, 15) is 4.79 Å². The van der Waals surface area contributed by atoms with Gasteiger partial charge in [0.1, 0.15) is 0 Å². The number of hydrogen-bond donors (Lipinski definition) is 0. The zero-order valence-electron chi connectivity index (χ0n) is 12.8. The van der Waals surface area contributed by atoms with Gasteiger partial charge in [-0.2, -0.15) is 0 Å². The minimum Gasteiger partial charge on any atom is -0.352 e. The molecule has 1 unspecified atom stereocenters. The highest BCUT2D eigenvalue weighted by Gasteiger charge is 2.26. The lowest BCUT2D eigenvalue weighted by Crippen LogP contribution is -2.42. The van der Waals surface area contributed by atoms with Gasteiger partial charge < -0.3 is 9.47 Å². The van der Waals surface area contributed by atoms with Crippen LogP contribution in [0.3, 0.4) is 0 Å². The number of hydrogen-bond acceptors (Lipinski definition) is 3. The summed E-state index contributed by atoms with van der Waals surface area (Å²) in [5, 5.41) is 0.201. The van der Waals surface area contributed by atoms with Gasteiger partial charge in [0.15, 0.2) is 5.82 Å². The largest absolute Gasteiger partial charge is 0.352 e. The maximum atomic E-state index is 12.6. The smallest absolute Gasteiger partial charge is 0.293 e. The van der Waals surface area contributed by atoms with E-state index in [0.29, 0.717) is 11.7 Å². The lowest BCUT2D eigenvalue weighted by molar-refractivity contribution is 0.375. The highest BCUT2D eigenvalue weighted by Crippen LogP contribution is 2.25. The molecule has 1 aliphatic heterocycles. The number of halogens is 1. The quantitative estimate of drug-likeness (QED) is 0.788. The first-order chi connectivity index (χ1) is 9.30. The highest BCUT2D eigenvalue weighted by atomic mass is 35.5. The van der Waals surface area contributed by atoms with Crippen LogP contribution in [0.5, 0.6) is 0 Å². The lowest BCUT2D eigenvalue weighted by atomic mass is 9.94. The van der Waals surface area contributed by atoms with Crippen molar-refractivity contribution in [3.05, 3.63) is 22.7 Å². The predicted molar refractivity (Wildman–Crippen MR) is 83.7 cm³/mol. The van der Waals surface area contributed by atoms with Gasteiger partial charge in [0.2, 0.25) is 0 Å². The predicted octanol–water partition coefficient (Wildman–Crippen LogP) is 2.84. The normalized spacial score (nSPS) is 19.1. The SMILES string of the molecule is CC(Cl)C1CCN(c2nccn(C(C)(C)C)c2=O)CC1. The molecule has 0 spiro atoms. The van der Waals surface area contributed by atoms with Crippen LogP contribution in [0.2, 0.25) is 0 Å². The van der Waals surface area contributed by atoms with Crippen molar-refractivity contribution in [3.8, 4) is 0 Å². The summed E-state index contributed by atoms with van der Waals surface area (Å²) in [6, 6.07) is 0. The average molecular weight is 298 g/mol.